The van der Waals surface area contributed by atoms with Gasteiger partial charge in [0.15, 0.2) is 5.76 Å². The van der Waals surface area contributed by atoms with Crippen LogP contribution in [0.15, 0.2) is 46.9 Å². The van der Waals surface area contributed by atoms with Gasteiger partial charge in [0.1, 0.15) is 5.76 Å². The Bertz CT molecular complexity index is 632. The minimum absolute atomic E-state index is 0.0279. The Labute approximate surface area is 132 Å². The van der Waals surface area contributed by atoms with E-state index in [4.69, 9.17) is 15.3 Å². The highest BCUT2D eigenvalue weighted by molar-refractivity contribution is 5.27. The molecule has 2 rings (SSSR count). The van der Waals surface area contributed by atoms with Crippen molar-refractivity contribution < 1.29 is 9.52 Å². The maximum Gasteiger partial charge on any atom is 0.177 e. The fourth-order valence-electron chi connectivity index (χ4n) is 2.07. The van der Waals surface area contributed by atoms with Crippen LogP contribution in [0.25, 0.3) is 0 Å². The summed E-state index contributed by atoms with van der Waals surface area (Å²) in [5.74, 6) is 7.73. The first-order valence-electron chi connectivity index (χ1n) is 7.60. The quantitative estimate of drug-likeness (QED) is 0.806. The van der Waals surface area contributed by atoms with E-state index < -0.39 is 5.54 Å². The lowest BCUT2D eigenvalue weighted by atomic mass is 9.98. The van der Waals surface area contributed by atoms with Crippen LogP contribution in [-0.2, 0) is 12.8 Å². The third-order valence-electron chi connectivity index (χ3n) is 3.56. The predicted octanol–water partition coefficient (Wildman–Crippen LogP) is 2.91. The van der Waals surface area contributed by atoms with Crippen LogP contribution < -0.4 is 5.73 Å². The van der Waals surface area contributed by atoms with Crippen molar-refractivity contribution in [2.75, 3.05) is 6.61 Å². The number of hydrogen-bond acceptors (Lipinski definition) is 3. The Morgan fingerprint density at radius 3 is 2.64 bits per heavy atom. The molecule has 1 atom stereocenters. The van der Waals surface area contributed by atoms with Gasteiger partial charge < -0.3 is 15.3 Å². The van der Waals surface area contributed by atoms with Gasteiger partial charge in [0.05, 0.1) is 6.61 Å². The van der Waals surface area contributed by atoms with Crippen molar-refractivity contribution in [2.45, 2.75) is 38.1 Å². The van der Waals surface area contributed by atoms with E-state index in [9.17, 15) is 0 Å². The molecule has 2 aromatic rings. The number of aliphatic hydroxyl groups is 1. The van der Waals surface area contributed by atoms with Crippen molar-refractivity contribution >= 4 is 0 Å². The van der Waals surface area contributed by atoms with Crippen molar-refractivity contribution in [1.82, 2.24) is 0 Å². The summed E-state index contributed by atoms with van der Waals surface area (Å²) in [6.07, 6.45) is 3.14. The lowest BCUT2D eigenvalue weighted by molar-refractivity contribution is 0.199. The summed E-state index contributed by atoms with van der Waals surface area (Å²) in [5, 5.41) is 9.14. The molecule has 0 fully saturated rings. The first-order valence-corrected chi connectivity index (χ1v) is 7.60. The van der Waals surface area contributed by atoms with E-state index in [-0.39, 0.29) is 6.61 Å². The molecule has 0 radical (unpaired) electrons. The number of benzene rings is 1. The topological polar surface area (TPSA) is 59.4 Å². The molecule has 0 bridgehead atoms. The summed E-state index contributed by atoms with van der Waals surface area (Å²) in [6.45, 7) is 1.81. The average molecular weight is 297 g/mol. The van der Waals surface area contributed by atoms with E-state index in [0.717, 1.165) is 18.6 Å². The van der Waals surface area contributed by atoms with Gasteiger partial charge in [-0.2, -0.15) is 0 Å². The first kappa shape index (κ1) is 16.4. The van der Waals surface area contributed by atoms with Crippen molar-refractivity contribution in [2.24, 2.45) is 5.73 Å². The van der Waals surface area contributed by atoms with Gasteiger partial charge in [0.2, 0.25) is 0 Å². The summed E-state index contributed by atoms with van der Waals surface area (Å²) in [5.41, 5.74) is 6.64. The molecule has 0 aliphatic heterocycles. The van der Waals surface area contributed by atoms with Gasteiger partial charge in [-0.1, -0.05) is 36.3 Å². The maximum absolute atomic E-state index is 9.14. The van der Waals surface area contributed by atoms with Crippen LogP contribution in [-0.4, -0.2) is 17.3 Å². The van der Waals surface area contributed by atoms with Gasteiger partial charge in [-0.15, -0.1) is 0 Å². The van der Waals surface area contributed by atoms with Gasteiger partial charge in [0, 0.05) is 18.4 Å². The summed E-state index contributed by atoms with van der Waals surface area (Å²) >= 11 is 0. The van der Waals surface area contributed by atoms with Crippen LogP contribution in [0.3, 0.4) is 0 Å². The van der Waals surface area contributed by atoms with Crippen molar-refractivity contribution in [1.29, 1.82) is 0 Å². The summed E-state index contributed by atoms with van der Waals surface area (Å²) in [7, 11) is 0. The van der Waals surface area contributed by atoms with E-state index in [0.29, 0.717) is 18.6 Å². The van der Waals surface area contributed by atoms with E-state index in [2.05, 4.69) is 24.0 Å². The first-order chi connectivity index (χ1) is 10.6. The van der Waals surface area contributed by atoms with Crippen LogP contribution in [0.5, 0.6) is 0 Å². The SMILES string of the molecule is C[C@](N)(CO)CCc1ccc(C#CCCc2ccccc2)o1. The number of nitrogens with two attached hydrogens (primary N) is 1. The molecular weight excluding hydrogens is 274 g/mol. The predicted molar refractivity (Wildman–Crippen MR) is 88.3 cm³/mol. The van der Waals surface area contributed by atoms with Gasteiger partial charge in [-0.25, -0.2) is 0 Å². The zero-order valence-electron chi connectivity index (χ0n) is 13.0. The molecule has 0 saturated heterocycles. The van der Waals surface area contributed by atoms with E-state index in [1.54, 1.807) is 0 Å². The lowest BCUT2D eigenvalue weighted by Crippen LogP contribution is -2.40. The van der Waals surface area contributed by atoms with Crippen LogP contribution in [0.2, 0.25) is 0 Å². The summed E-state index contributed by atoms with van der Waals surface area (Å²) in [6, 6.07) is 14.1. The summed E-state index contributed by atoms with van der Waals surface area (Å²) in [4.78, 5) is 0. The second-order valence-corrected chi connectivity index (χ2v) is 5.87. The lowest BCUT2D eigenvalue weighted by Gasteiger charge is -2.20. The number of aliphatic hydroxyl groups excluding tert-OH is 1. The zero-order valence-corrected chi connectivity index (χ0v) is 13.0. The smallest absolute Gasteiger partial charge is 0.177 e. The number of aryl methyl sites for hydroxylation is 2. The Hall–Kier alpha value is -2.02. The molecule has 22 heavy (non-hydrogen) atoms. The van der Waals surface area contributed by atoms with Crippen LogP contribution >= 0.6 is 0 Å². The fraction of sp³-hybridized carbons (Fsp3) is 0.368. The molecule has 0 amide bonds. The average Bonchev–Trinajstić information content (AvgIpc) is 2.99. The fourth-order valence-corrected chi connectivity index (χ4v) is 2.07. The van der Waals surface area contributed by atoms with Gasteiger partial charge in [0.25, 0.3) is 0 Å². The van der Waals surface area contributed by atoms with Gasteiger partial charge >= 0.3 is 0 Å². The highest BCUT2D eigenvalue weighted by Crippen LogP contribution is 2.14. The highest BCUT2D eigenvalue weighted by Gasteiger charge is 2.17. The Balaban J connectivity index is 1.81. The number of rotatable bonds is 6. The van der Waals surface area contributed by atoms with E-state index in [1.807, 2.05) is 37.3 Å². The monoisotopic (exact) mass is 297 g/mol. The maximum atomic E-state index is 9.14. The molecule has 0 unspecified atom stereocenters. The molecule has 0 spiro atoms. The second-order valence-electron chi connectivity index (χ2n) is 5.87. The normalized spacial score (nSPS) is 13.2. The van der Waals surface area contributed by atoms with E-state index >= 15 is 0 Å². The molecule has 1 heterocycles. The van der Waals surface area contributed by atoms with Crippen molar-refractivity contribution in [3.05, 3.63) is 59.5 Å². The van der Waals surface area contributed by atoms with E-state index in [1.165, 1.54) is 5.56 Å². The molecule has 3 heteroatoms. The Morgan fingerprint density at radius 2 is 1.91 bits per heavy atom. The van der Waals surface area contributed by atoms with Crippen LogP contribution in [0.1, 0.15) is 36.8 Å². The van der Waals surface area contributed by atoms with Crippen LogP contribution in [0, 0.1) is 11.8 Å². The molecule has 0 saturated carbocycles. The van der Waals surface area contributed by atoms with Crippen molar-refractivity contribution in [3.63, 3.8) is 0 Å². The minimum Gasteiger partial charge on any atom is -0.453 e. The second kappa shape index (κ2) is 7.84. The molecule has 116 valence electrons. The van der Waals surface area contributed by atoms with Gasteiger partial charge in [-0.3, -0.25) is 0 Å². The Kier molecular flexibility index (Phi) is 5.83. The largest absolute Gasteiger partial charge is 0.453 e. The molecule has 3 nitrogen and oxygen atoms in total. The van der Waals surface area contributed by atoms with Crippen LogP contribution in [0.4, 0.5) is 0 Å². The Morgan fingerprint density at radius 1 is 1.14 bits per heavy atom. The highest BCUT2D eigenvalue weighted by atomic mass is 16.3. The standard InChI is InChI=1S/C19H23NO2/c1-19(20,15-21)14-13-18-12-11-17(22-18)10-6-5-9-16-7-3-2-4-8-16/h2-4,7-8,11-12,21H,5,9,13-15,20H2,1H3/t19-/m1/s1. The van der Waals surface area contributed by atoms with Gasteiger partial charge in [-0.05, 0) is 43.4 Å². The number of furan rings is 1. The molecule has 1 aromatic carbocycles. The minimum atomic E-state index is -0.561. The zero-order chi connectivity index (χ0) is 15.8. The summed E-state index contributed by atoms with van der Waals surface area (Å²) < 4.78 is 5.67. The molecule has 0 aliphatic rings. The molecule has 1 aromatic heterocycles. The molecule has 0 aliphatic carbocycles. The molecule has 3 N–H and O–H groups in total. The third-order valence-corrected chi connectivity index (χ3v) is 3.56. The molecular formula is C19H23NO2. The van der Waals surface area contributed by atoms with Crippen molar-refractivity contribution in [3.8, 4) is 11.8 Å². The third kappa shape index (κ3) is 5.40. The number of hydrogen-bond donors (Lipinski definition) is 2.